The van der Waals surface area contributed by atoms with E-state index in [9.17, 15) is 14.9 Å². The molecule has 0 spiro atoms. The first kappa shape index (κ1) is 15.9. The fraction of sp³-hybridized carbons (Fsp3) is 0.462. The molecular formula is C13H16INO4. The molecule has 0 saturated carbocycles. The van der Waals surface area contributed by atoms with Crippen LogP contribution in [0, 0.1) is 19.6 Å². The average molecular weight is 377 g/mol. The average Bonchev–Trinajstić information content (AvgIpc) is 2.27. The molecule has 0 amide bonds. The van der Waals surface area contributed by atoms with Crippen LogP contribution < -0.4 is 0 Å². The summed E-state index contributed by atoms with van der Waals surface area (Å²) in [6.07, 6.45) is 0.555. The van der Waals surface area contributed by atoms with E-state index in [1.165, 1.54) is 12.1 Å². The van der Waals surface area contributed by atoms with E-state index in [4.69, 9.17) is 4.74 Å². The number of carbonyl (C=O) groups is 1. The second kappa shape index (κ2) is 6.83. The Morgan fingerprint density at radius 1 is 1.42 bits per heavy atom. The number of rotatable bonds is 5. The zero-order chi connectivity index (χ0) is 14.6. The summed E-state index contributed by atoms with van der Waals surface area (Å²) in [4.78, 5) is 22.2. The molecule has 0 N–H and O–H groups in total. The van der Waals surface area contributed by atoms with Gasteiger partial charge in [-0.05, 0) is 47.9 Å². The molecule has 6 heteroatoms. The third-order valence-corrected chi connectivity index (χ3v) is 3.43. The fourth-order valence-corrected chi connectivity index (χ4v) is 2.30. The first-order valence-electron chi connectivity index (χ1n) is 5.96. The van der Waals surface area contributed by atoms with Gasteiger partial charge in [-0.3, -0.25) is 10.1 Å². The predicted octanol–water partition coefficient (Wildman–Crippen LogP) is 3.79. The summed E-state index contributed by atoms with van der Waals surface area (Å²) in [7, 11) is 0. The molecule has 0 bridgehead atoms. The Balaban J connectivity index is 2.87. The van der Waals surface area contributed by atoms with Gasteiger partial charge in [0.1, 0.15) is 0 Å². The summed E-state index contributed by atoms with van der Waals surface area (Å²) in [6, 6.07) is 4.17. The normalized spacial score (nSPS) is 12.3. The molecule has 1 aromatic rings. The summed E-state index contributed by atoms with van der Waals surface area (Å²) >= 11 is 1.96. The van der Waals surface area contributed by atoms with E-state index in [2.05, 4.69) is 0 Å². The Morgan fingerprint density at radius 3 is 2.58 bits per heavy atom. The molecule has 0 aromatic heterocycles. The monoisotopic (exact) mass is 377 g/mol. The summed E-state index contributed by atoms with van der Waals surface area (Å²) in [5, 5.41) is 10.7. The maximum absolute atomic E-state index is 12.0. The van der Waals surface area contributed by atoms with Gasteiger partial charge in [-0.15, -0.1) is 0 Å². The Kier molecular flexibility index (Phi) is 5.71. The second-order valence-corrected chi connectivity index (χ2v) is 5.93. The Labute approximate surface area is 125 Å². The number of nitro benzene ring substituents is 1. The van der Waals surface area contributed by atoms with Crippen molar-refractivity contribution in [3.05, 3.63) is 37.4 Å². The van der Waals surface area contributed by atoms with Gasteiger partial charge in [-0.1, -0.05) is 13.8 Å². The highest BCUT2D eigenvalue weighted by molar-refractivity contribution is 14.1. The lowest BCUT2D eigenvalue weighted by molar-refractivity contribution is -0.384. The van der Waals surface area contributed by atoms with Crippen molar-refractivity contribution < 1.29 is 14.5 Å². The number of halogens is 1. The number of carbonyl (C=O) groups excluding carboxylic acids is 1. The molecule has 0 fully saturated rings. The number of hydrogen-bond donors (Lipinski definition) is 0. The maximum atomic E-state index is 12.0. The Morgan fingerprint density at radius 2 is 2.05 bits per heavy atom. The number of non-ortho nitro benzene ring substituents is 1. The van der Waals surface area contributed by atoms with Gasteiger partial charge in [0.05, 0.1) is 16.6 Å². The van der Waals surface area contributed by atoms with Crippen LogP contribution in [0.1, 0.15) is 37.6 Å². The largest absolute Gasteiger partial charge is 0.459 e. The van der Waals surface area contributed by atoms with Crippen molar-refractivity contribution in [3.8, 4) is 0 Å². The number of ether oxygens (including phenoxy) is 1. The minimum absolute atomic E-state index is 0.108. The van der Waals surface area contributed by atoms with Crippen molar-refractivity contribution in [2.45, 2.75) is 33.3 Å². The van der Waals surface area contributed by atoms with Crippen molar-refractivity contribution in [2.24, 2.45) is 5.92 Å². The lowest BCUT2D eigenvalue weighted by atomic mass is 10.1. The molecular weight excluding hydrogens is 361 g/mol. The van der Waals surface area contributed by atoms with E-state index in [-0.39, 0.29) is 17.4 Å². The maximum Gasteiger partial charge on any atom is 0.339 e. The Hall–Kier alpha value is -1.18. The summed E-state index contributed by atoms with van der Waals surface area (Å²) < 4.78 is 5.94. The van der Waals surface area contributed by atoms with Crippen LogP contribution in [-0.2, 0) is 4.74 Å². The first-order chi connectivity index (χ1) is 8.81. The van der Waals surface area contributed by atoms with E-state index in [0.717, 1.165) is 6.42 Å². The first-order valence-corrected chi connectivity index (χ1v) is 7.04. The van der Waals surface area contributed by atoms with Gasteiger partial charge >= 0.3 is 5.97 Å². The van der Waals surface area contributed by atoms with Crippen molar-refractivity contribution in [2.75, 3.05) is 0 Å². The lowest BCUT2D eigenvalue weighted by Gasteiger charge is -2.15. The van der Waals surface area contributed by atoms with E-state index >= 15 is 0 Å². The molecule has 5 nitrogen and oxygen atoms in total. The fourth-order valence-electron chi connectivity index (χ4n) is 1.74. The molecule has 104 valence electrons. The van der Waals surface area contributed by atoms with Crippen molar-refractivity contribution in [1.29, 1.82) is 0 Å². The van der Waals surface area contributed by atoms with Crippen LogP contribution in [0.5, 0.6) is 0 Å². The van der Waals surface area contributed by atoms with Gasteiger partial charge in [0.25, 0.3) is 5.69 Å². The zero-order valence-corrected chi connectivity index (χ0v) is 13.2. The number of esters is 1. The molecule has 0 saturated heterocycles. The lowest BCUT2D eigenvalue weighted by Crippen LogP contribution is -2.17. The quantitative estimate of drug-likeness (QED) is 0.339. The highest BCUT2D eigenvalue weighted by Crippen LogP contribution is 2.21. The van der Waals surface area contributed by atoms with Gasteiger partial charge in [-0.25, -0.2) is 4.79 Å². The number of hydrogen-bond acceptors (Lipinski definition) is 4. The van der Waals surface area contributed by atoms with Crippen LogP contribution in [0.4, 0.5) is 5.69 Å². The molecule has 0 aliphatic rings. The van der Waals surface area contributed by atoms with E-state index < -0.39 is 10.9 Å². The van der Waals surface area contributed by atoms with Crippen molar-refractivity contribution in [3.63, 3.8) is 0 Å². The van der Waals surface area contributed by atoms with Gasteiger partial charge in [-0.2, -0.15) is 0 Å². The second-order valence-electron chi connectivity index (χ2n) is 4.77. The molecule has 1 rings (SSSR count). The molecule has 1 atom stereocenters. The highest BCUT2D eigenvalue weighted by Gasteiger charge is 2.19. The third kappa shape index (κ3) is 4.77. The molecule has 0 aliphatic carbocycles. The van der Waals surface area contributed by atoms with Crippen LogP contribution in [0.3, 0.4) is 0 Å². The SMILES string of the molecule is CC(C)CC(C)OC(=O)c1cc([N+](=O)[O-])ccc1I. The van der Waals surface area contributed by atoms with E-state index in [1.807, 2.05) is 43.4 Å². The van der Waals surface area contributed by atoms with Crippen molar-refractivity contribution >= 4 is 34.2 Å². The zero-order valence-electron chi connectivity index (χ0n) is 11.1. The molecule has 0 radical (unpaired) electrons. The third-order valence-electron chi connectivity index (χ3n) is 2.49. The van der Waals surface area contributed by atoms with Gasteiger partial charge in [0, 0.05) is 15.7 Å². The van der Waals surface area contributed by atoms with Crippen LogP contribution in [0.15, 0.2) is 18.2 Å². The number of nitrogens with zero attached hydrogens (tertiary/aromatic N) is 1. The predicted molar refractivity (Wildman–Crippen MR) is 80.1 cm³/mol. The molecule has 1 unspecified atom stereocenters. The van der Waals surface area contributed by atoms with Crippen molar-refractivity contribution in [1.82, 2.24) is 0 Å². The molecule has 0 aliphatic heterocycles. The summed E-state index contributed by atoms with van der Waals surface area (Å²) in [5.41, 5.74) is 0.134. The van der Waals surface area contributed by atoms with E-state index in [1.54, 1.807) is 6.07 Å². The molecule has 19 heavy (non-hydrogen) atoms. The minimum atomic E-state index is -0.523. The summed E-state index contributed by atoms with van der Waals surface area (Å²) in [5.74, 6) is -0.0896. The summed E-state index contributed by atoms with van der Waals surface area (Å²) in [6.45, 7) is 5.91. The van der Waals surface area contributed by atoms with Crippen LogP contribution >= 0.6 is 22.6 Å². The van der Waals surface area contributed by atoms with Gasteiger partial charge in [0.2, 0.25) is 0 Å². The van der Waals surface area contributed by atoms with Gasteiger partial charge in [0.15, 0.2) is 0 Å². The van der Waals surface area contributed by atoms with Crippen LogP contribution in [0.2, 0.25) is 0 Å². The Bertz CT molecular complexity index is 488. The van der Waals surface area contributed by atoms with Crippen LogP contribution in [0.25, 0.3) is 0 Å². The highest BCUT2D eigenvalue weighted by atomic mass is 127. The minimum Gasteiger partial charge on any atom is -0.459 e. The standard InChI is InChI=1S/C13H16INO4/c1-8(2)6-9(3)19-13(16)11-7-10(15(17)18)4-5-12(11)14/h4-5,7-9H,6H2,1-3H3. The van der Waals surface area contributed by atoms with Gasteiger partial charge < -0.3 is 4.74 Å². The van der Waals surface area contributed by atoms with Crippen LogP contribution in [-0.4, -0.2) is 17.0 Å². The number of nitro groups is 1. The molecule has 1 aromatic carbocycles. The molecule has 0 heterocycles. The topological polar surface area (TPSA) is 69.4 Å². The smallest absolute Gasteiger partial charge is 0.339 e. The number of benzene rings is 1. The van der Waals surface area contributed by atoms with E-state index in [0.29, 0.717) is 9.49 Å².